The molecule has 5 rings (SSSR count). The van der Waals surface area contributed by atoms with Gasteiger partial charge in [0, 0.05) is 24.3 Å². The standard InChI is InChI=1S/C27H28N4O3S/c1-2-19-10-12-22(13-11-19)28-27(32)21-9-6-16-31(18-21)35(33,34)23-14-15-24-25(17-23)30-26(29-24)20-7-4-3-5-8-20/h3-5,7-8,10-15,17,21H,2,6,9,16,18H2,1H3,(H,28,32)(H,29,30). The number of rotatable bonds is 6. The van der Waals surface area contributed by atoms with Gasteiger partial charge >= 0.3 is 0 Å². The fourth-order valence-corrected chi connectivity index (χ4v) is 6.02. The fraction of sp³-hybridized carbons (Fsp3) is 0.259. The second kappa shape index (κ2) is 9.64. The summed E-state index contributed by atoms with van der Waals surface area (Å²) in [5, 5.41) is 2.94. The smallest absolute Gasteiger partial charge is 0.243 e. The van der Waals surface area contributed by atoms with Gasteiger partial charge in [0.15, 0.2) is 0 Å². The number of amides is 1. The molecule has 2 N–H and O–H groups in total. The highest BCUT2D eigenvalue weighted by atomic mass is 32.2. The molecule has 1 saturated heterocycles. The van der Waals surface area contributed by atoms with E-state index in [0.717, 1.165) is 17.7 Å². The zero-order chi connectivity index (χ0) is 24.4. The van der Waals surface area contributed by atoms with Crippen LogP contribution < -0.4 is 5.32 Å². The molecule has 1 aromatic heterocycles. The molecule has 0 radical (unpaired) electrons. The Hall–Kier alpha value is -3.49. The molecule has 8 heteroatoms. The van der Waals surface area contributed by atoms with E-state index in [2.05, 4.69) is 22.2 Å². The first-order valence-corrected chi connectivity index (χ1v) is 13.3. The summed E-state index contributed by atoms with van der Waals surface area (Å²) in [7, 11) is -3.75. The van der Waals surface area contributed by atoms with Crippen molar-refractivity contribution in [2.75, 3.05) is 18.4 Å². The predicted octanol–water partition coefficient (Wildman–Crippen LogP) is 4.83. The molecule has 35 heavy (non-hydrogen) atoms. The van der Waals surface area contributed by atoms with Crippen LogP contribution in [0.1, 0.15) is 25.3 Å². The van der Waals surface area contributed by atoms with Gasteiger partial charge in [0.1, 0.15) is 5.82 Å². The fourth-order valence-electron chi connectivity index (χ4n) is 4.47. The van der Waals surface area contributed by atoms with Crippen LogP contribution in [-0.4, -0.2) is 41.7 Å². The highest BCUT2D eigenvalue weighted by Crippen LogP contribution is 2.28. The Balaban J connectivity index is 1.33. The number of fused-ring (bicyclic) bond motifs is 1. The van der Waals surface area contributed by atoms with Gasteiger partial charge in [-0.2, -0.15) is 4.31 Å². The highest BCUT2D eigenvalue weighted by Gasteiger charge is 2.33. The molecule has 3 aromatic carbocycles. The number of aromatic amines is 1. The summed E-state index contributed by atoms with van der Waals surface area (Å²) >= 11 is 0. The Morgan fingerprint density at radius 3 is 2.60 bits per heavy atom. The van der Waals surface area contributed by atoms with E-state index in [9.17, 15) is 13.2 Å². The lowest BCUT2D eigenvalue weighted by atomic mass is 9.98. The first-order chi connectivity index (χ1) is 16.9. The van der Waals surface area contributed by atoms with Crippen molar-refractivity contribution in [2.24, 2.45) is 5.92 Å². The van der Waals surface area contributed by atoms with Crippen molar-refractivity contribution in [1.82, 2.24) is 14.3 Å². The molecule has 2 heterocycles. The molecule has 0 aliphatic carbocycles. The maximum Gasteiger partial charge on any atom is 0.243 e. The van der Waals surface area contributed by atoms with Crippen LogP contribution in [0.5, 0.6) is 0 Å². The molecule has 0 spiro atoms. The van der Waals surface area contributed by atoms with Gasteiger partial charge in [0.2, 0.25) is 15.9 Å². The van der Waals surface area contributed by atoms with Crippen LogP contribution in [0.2, 0.25) is 0 Å². The van der Waals surface area contributed by atoms with E-state index in [1.165, 1.54) is 9.87 Å². The summed E-state index contributed by atoms with van der Waals surface area (Å²) in [5.74, 6) is 0.146. The monoisotopic (exact) mass is 488 g/mol. The average Bonchev–Trinajstić information content (AvgIpc) is 3.33. The van der Waals surface area contributed by atoms with Crippen molar-refractivity contribution in [3.05, 3.63) is 78.4 Å². The van der Waals surface area contributed by atoms with E-state index >= 15 is 0 Å². The van der Waals surface area contributed by atoms with Crippen molar-refractivity contribution < 1.29 is 13.2 Å². The van der Waals surface area contributed by atoms with Crippen LogP contribution in [0.4, 0.5) is 5.69 Å². The SMILES string of the molecule is CCc1ccc(NC(=O)C2CCCN(S(=O)(=O)c3ccc4nc(-c5ccccc5)[nH]c4c3)C2)cc1. The Bertz CT molecular complexity index is 1450. The predicted molar refractivity (Wildman–Crippen MR) is 137 cm³/mol. The summed E-state index contributed by atoms with van der Waals surface area (Å²) in [6, 6.07) is 22.4. The number of hydrogen-bond acceptors (Lipinski definition) is 4. The van der Waals surface area contributed by atoms with Crippen LogP contribution >= 0.6 is 0 Å². The summed E-state index contributed by atoms with van der Waals surface area (Å²) in [5.41, 5.74) is 4.22. The number of H-pyrrole nitrogens is 1. The van der Waals surface area contributed by atoms with Crippen LogP contribution in [0.15, 0.2) is 77.7 Å². The Morgan fingerprint density at radius 1 is 1.09 bits per heavy atom. The van der Waals surface area contributed by atoms with Gasteiger partial charge < -0.3 is 10.3 Å². The second-order valence-electron chi connectivity index (χ2n) is 8.87. The number of anilines is 1. The molecule has 0 bridgehead atoms. The summed E-state index contributed by atoms with van der Waals surface area (Å²) in [6.45, 7) is 2.64. The molecule has 1 fully saturated rings. The van der Waals surface area contributed by atoms with Crippen LogP contribution in [0.25, 0.3) is 22.4 Å². The van der Waals surface area contributed by atoms with Crippen molar-refractivity contribution in [3.63, 3.8) is 0 Å². The van der Waals surface area contributed by atoms with Crippen molar-refractivity contribution in [3.8, 4) is 11.4 Å². The van der Waals surface area contributed by atoms with Gasteiger partial charge in [0.05, 0.1) is 21.8 Å². The van der Waals surface area contributed by atoms with Crippen molar-refractivity contribution in [2.45, 2.75) is 31.1 Å². The Labute approximate surface area is 205 Å². The highest BCUT2D eigenvalue weighted by molar-refractivity contribution is 7.89. The van der Waals surface area contributed by atoms with Gasteiger partial charge in [-0.1, -0.05) is 49.4 Å². The minimum Gasteiger partial charge on any atom is -0.338 e. The largest absolute Gasteiger partial charge is 0.338 e. The molecule has 0 saturated carbocycles. The third-order valence-electron chi connectivity index (χ3n) is 6.52. The number of carbonyl (C=O) groups excluding carboxylic acids is 1. The van der Waals surface area contributed by atoms with Crippen molar-refractivity contribution in [1.29, 1.82) is 0 Å². The van der Waals surface area contributed by atoms with Crippen LogP contribution in [0.3, 0.4) is 0 Å². The van der Waals surface area contributed by atoms with Gasteiger partial charge in [-0.3, -0.25) is 4.79 Å². The lowest BCUT2D eigenvalue weighted by Gasteiger charge is -2.31. The zero-order valence-electron chi connectivity index (χ0n) is 19.6. The van der Waals surface area contributed by atoms with Crippen LogP contribution in [-0.2, 0) is 21.2 Å². The molecule has 1 unspecified atom stereocenters. The lowest BCUT2D eigenvalue weighted by molar-refractivity contribution is -0.120. The van der Waals surface area contributed by atoms with Gasteiger partial charge in [-0.05, 0) is 55.2 Å². The van der Waals surface area contributed by atoms with Crippen molar-refractivity contribution >= 4 is 32.7 Å². The molecule has 1 aliphatic rings. The number of imidazole rings is 1. The molecular formula is C27H28N4O3S. The third kappa shape index (κ3) is 4.85. The average molecular weight is 489 g/mol. The molecular weight excluding hydrogens is 460 g/mol. The number of sulfonamides is 1. The summed E-state index contributed by atoms with van der Waals surface area (Å²) < 4.78 is 28.4. The van der Waals surface area contributed by atoms with E-state index in [-0.39, 0.29) is 17.3 Å². The van der Waals surface area contributed by atoms with E-state index in [1.54, 1.807) is 18.2 Å². The molecule has 1 amide bonds. The summed E-state index contributed by atoms with van der Waals surface area (Å²) in [4.78, 5) is 20.9. The number of piperidine rings is 1. The molecule has 7 nitrogen and oxygen atoms in total. The minimum atomic E-state index is -3.75. The van der Waals surface area contributed by atoms with E-state index in [0.29, 0.717) is 36.2 Å². The first kappa shape index (κ1) is 23.3. The maximum absolute atomic E-state index is 13.5. The quantitative estimate of drug-likeness (QED) is 0.406. The number of nitrogens with one attached hydrogen (secondary N) is 2. The first-order valence-electron chi connectivity index (χ1n) is 11.9. The number of carbonyl (C=O) groups is 1. The third-order valence-corrected chi connectivity index (χ3v) is 8.38. The minimum absolute atomic E-state index is 0.148. The molecule has 1 atom stereocenters. The second-order valence-corrected chi connectivity index (χ2v) is 10.8. The Kier molecular flexibility index (Phi) is 6.40. The normalized spacial score (nSPS) is 16.9. The maximum atomic E-state index is 13.5. The summed E-state index contributed by atoms with van der Waals surface area (Å²) in [6.07, 6.45) is 2.23. The number of benzene rings is 3. The Morgan fingerprint density at radius 2 is 1.86 bits per heavy atom. The molecule has 4 aromatic rings. The number of nitrogens with zero attached hydrogens (tertiary/aromatic N) is 2. The number of hydrogen-bond donors (Lipinski definition) is 2. The lowest BCUT2D eigenvalue weighted by Crippen LogP contribution is -2.43. The molecule has 180 valence electrons. The number of aryl methyl sites for hydroxylation is 1. The van der Waals surface area contributed by atoms with Gasteiger partial charge in [-0.15, -0.1) is 0 Å². The van der Waals surface area contributed by atoms with E-state index in [1.807, 2.05) is 54.6 Å². The number of aromatic nitrogens is 2. The van der Waals surface area contributed by atoms with Crippen LogP contribution in [0, 0.1) is 5.92 Å². The topological polar surface area (TPSA) is 95.2 Å². The van der Waals surface area contributed by atoms with Gasteiger partial charge in [0.25, 0.3) is 0 Å². The zero-order valence-corrected chi connectivity index (χ0v) is 20.4. The van der Waals surface area contributed by atoms with E-state index in [4.69, 9.17) is 0 Å². The molecule has 1 aliphatic heterocycles. The van der Waals surface area contributed by atoms with E-state index < -0.39 is 15.9 Å². The van der Waals surface area contributed by atoms with Gasteiger partial charge in [-0.25, -0.2) is 13.4 Å².